The molecule has 0 bridgehead atoms. The van der Waals surface area contributed by atoms with Gasteiger partial charge in [-0.15, -0.1) is 0 Å². The van der Waals surface area contributed by atoms with Gasteiger partial charge in [0.15, 0.2) is 0 Å². The van der Waals surface area contributed by atoms with E-state index < -0.39 is 0 Å². The van der Waals surface area contributed by atoms with Crippen LogP contribution in [0.2, 0.25) is 0 Å². The van der Waals surface area contributed by atoms with Crippen molar-refractivity contribution in [2.75, 3.05) is 24.5 Å². The molecule has 2 rings (SSSR count). The average molecular weight is 202 g/mol. The van der Waals surface area contributed by atoms with E-state index in [9.17, 15) is 0 Å². The Kier molecular flexibility index (Phi) is 2.84. The molecule has 0 amide bonds. The number of nitrogens with two attached hydrogens (primary N) is 1. The fraction of sp³-hybridized carbons (Fsp3) is 0.455. The normalized spacial score (nSPS) is 20.3. The number of hydrogen-bond donors (Lipinski definition) is 1. The van der Waals surface area contributed by atoms with Gasteiger partial charge in [0.2, 0.25) is 0 Å². The molecule has 0 radical (unpaired) electrons. The molecule has 78 valence electrons. The number of pyridine rings is 1. The van der Waals surface area contributed by atoms with Crippen LogP contribution in [0.15, 0.2) is 18.3 Å². The Morgan fingerprint density at radius 3 is 3.00 bits per heavy atom. The summed E-state index contributed by atoms with van der Waals surface area (Å²) in [5.41, 5.74) is 6.23. The van der Waals surface area contributed by atoms with Crippen LogP contribution >= 0.6 is 0 Å². The summed E-state index contributed by atoms with van der Waals surface area (Å²) in [7, 11) is 0. The largest absolute Gasteiger partial charge is 0.356 e. The molecule has 1 aromatic heterocycles. The van der Waals surface area contributed by atoms with Crippen molar-refractivity contribution in [2.45, 2.75) is 6.42 Å². The zero-order valence-corrected chi connectivity index (χ0v) is 8.56. The minimum Gasteiger partial charge on any atom is -0.356 e. The van der Waals surface area contributed by atoms with E-state index in [-0.39, 0.29) is 0 Å². The average Bonchev–Trinajstić information content (AvgIpc) is 2.78. The van der Waals surface area contributed by atoms with Crippen LogP contribution in [-0.4, -0.2) is 24.6 Å². The maximum atomic E-state index is 8.65. The van der Waals surface area contributed by atoms with E-state index in [1.54, 1.807) is 12.3 Å². The van der Waals surface area contributed by atoms with Gasteiger partial charge in [0.1, 0.15) is 11.9 Å². The van der Waals surface area contributed by atoms with Gasteiger partial charge in [-0.2, -0.15) is 5.26 Å². The molecule has 1 saturated heterocycles. The van der Waals surface area contributed by atoms with E-state index in [0.717, 1.165) is 31.9 Å². The number of aromatic nitrogens is 1. The minimum absolute atomic E-state index is 0.586. The van der Waals surface area contributed by atoms with E-state index in [1.165, 1.54) is 0 Å². The second kappa shape index (κ2) is 4.28. The second-order valence-electron chi connectivity index (χ2n) is 3.85. The van der Waals surface area contributed by atoms with Crippen molar-refractivity contribution in [3.63, 3.8) is 0 Å². The van der Waals surface area contributed by atoms with Gasteiger partial charge in [-0.3, -0.25) is 0 Å². The van der Waals surface area contributed by atoms with Crippen LogP contribution in [0.25, 0.3) is 0 Å². The topological polar surface area (TPSA) is 65.9 Å². The molecule has 4 nitrogen and oxygen atoms in total. The van der Waals surface area contributed by atoms with Crippen LogP contribution in [-0.2, 0) is 0 Å². The van der Waals surface area contributed by atoms with Gasteiger partial charge in [0, 0.05) is 19.3 Å². The van der Waals surface area contributed by atoms with Crippen LogP contribution in [0, 0.1) is 17.2 Å². The summed E-state index contributed by atoms with van der Waals surface area (Å²) in [6.07, 6.45) is 2.75. The number of rotatable bonds is 2. The second-order valence-corrected chi connectivity index (χ2v) is 3.85. The van der Waals surface area contributed by atoms with Gasteiger partial charge < -0.3 is 10.6 Å². The number of hydrogen-bond acceptors (Lipinski definition) is 4. The van der Waals surface area contributed by atoms with E-state index in [4.69, 9.17) is 11.0 Å². The fourth-order valence-corrected chi connectivity index (χ4v) is 1.87. The molecule has 2 heterocycles. The quantitative estimate of drug-likeness (QED) is 0.768. The molecule has 1 fully saturated rings. The van der Waals surface area contributed by atoms with Gasteiger partial charge in [-0.25, -0.2) is 4.98 Å². The minimum atomic E-state index is 0.586. The smallest absolute Gasteiger partial charge is 0.128 e. The van der Waals surface area contributed by atoms with Crippen molar-refractivity contribution < 1.29 is 0 Å². The third-order valence-electron chi connectivity index (χ3n) is 2.82. The molecule has 1 aliphatic heterocycles. The van der Waals surface area contributed by atoms with Crippen molar-refractivity contribution in [1.82, 2.24) is 4.98 Å². The fourth-order valence-electron chi connectivity index (χ4n) is 1.87. The Balaban J connectivity index is 2.08. The van der Waals surface area contributed by atoms with E-state index in [2.05, 4.69) is 16.0 Å². The van der Waals surface area contributed by atoms with Gasteiger partial charge >= 0.3 is 0 Å². The third-order valence-corrected chi connectivity index (χ3v) is 2.82. The highest BCUT2D eigenvalue weighted by molar-refractivity contribution is 5.42. The lowest BCUT2D eigenvalue weighted by Crippen LogP contribution is -2.23. The van der Waals surface area contributed by atoms with Crippen molar-refractivity contribution in [3.8, 4) is 6.07 Å². The lowest BCUT2D eigenvalue weighted by atomic mass is 10.1. The van der Waals surface area contributed by atoms with E-state index in [1.807, 2.05) is 6.07 Å². The van der Waals surface area contributed by atoms with Crippen molar-refractivity contribution in [2.24, 2.45) is 11.7 Å². The molecule has 1 atom stereocenters. The monoisotopic (exact) mass is 202 g/mol. The van der Waals surface area contributed by atoms with Crippen LogP contribution < -0.4 is 10.6 Å². The molecule has 0 saturated carbocycles. The molecule has 15 heavy (non-hydrogen) atoms. The third kappa shape index (κ3) is 2.08. The predicted molar refractivity (Wildman–Crippen MR) is 58.3 cm³/mol. The summed E-state index contributed by atoms with van der Waals surface area (Å²) in [4.78, 5) is 6.48. The standard InChI is InChI=1S/C11H14N4/c12-5-9-1-2-11(14-7-9)15-4-3-10(6-13)8-15/h1-2,7,10H,3-4,6,8,13H2. The van der Waals surface area contributed by atoms with E-state index in [0.29, 0.717) is 11.5 Å². The Morgan fingerprint density at radius 1 is 1.60 bits per heavy atom. The SMILES string of the molecule is N#Cc1ccc(N2CCC(CN)C2)nc1. The number of nitrogens with zero attached hydrogens (tertiary/aromatic N) is 3. The Labute approximate surface area is 89.3 Å². The zero-order valence-electron chi connectivity index (χ0n) is 8.56. The van der Waals surface area contributed by atoms with Crippen LogP contribution in [0.4, 0.5) is 5.82 Å². The highest BCUT2D eigenvalue weighted by Gasteiger charge is 2.21. The van der Waals surface area contributed by atoms with Gasteiger partial charge in [0.05, 0.1) is 5.56 Å². The lowest BCUT2D eigenvalue weighted by Gasteiger charge is -2.16. The molecule has 4 heteroatoms. The molecule has 0 aromatic carbocycles. The highest BCUT2D eigenvalue weighted by atomic mass is 15.2. The molecule has 2 N–H and O–H groups in total. The van der Waals surface area contributed by atoms with Crippen molar-refractivity contribution in [1.29, 1.82) is 5.26 Å². The first-order valence-corrected chi connectivity index (χ1v) is 5.14. The first-order chi connectivity index (χ1) is 7.33. The maximum Gasteiger partial charge on any atom is 0.128 e. The molecular formula is C11H14N4. The molecule has 1 aromatic rings. The maximum absolute atomic E-state index is 8.65. The van der Waals surface area contributed by atoms with Crippen molar-refractivity contribution in [3.05, 3.63) is 23.9 Å². The molecule has 0 aliphatic carbocycles. The van der Waals surface area contributed by atoms with Crippen LogP contribution in [0.1, 0.15) is 12.0 Å². The zero-order chi connectivity index (χ0) is 10.7. The summed E-state index contributed by atoms with van der Waals surface area (Å²) >= 11 is 0. The Hall–Kier alpha value is -1.60. The summed E-state index contributed by atoms with van der Waals surface area (Å²) in [5, 5.41) is 8.65. The summed E-state index contributed by atoms with van der Waals surface area (Å²) in [6, 6.07) is 5.77. The Morgan fingerprint density at radius 2 is 2.47 bits per heavy atom. The predicted octanol–water partition coefficient (Wildman–Crippen LogP) is 0.738. The van der Waals surface area contributed by atoms with Crippen LogP contribution in [0.5, 0.6) is 0 Å². The van der Waals surface area contributed by atoms with Gasteiger partial charge in [-0.1, -0.05) is 0 Å². The molecule has 1 aliphatic rings. The van der Waals surface area contributed by atoms with Crippen LogP contribution in [0.3, 0.4) is 0 Å². The van der Waals surface area contributed by atoms with Gasteiger partial charge in [0.25, 0.3) is 0 Å². The van der Waals surface area contributed by atoms with E-state index >= 15 is 0 Å². The number of nitriles is 1. The summed E-state index contributed by atoms with van der Waals surface area (Å²) in [5.74, 6) is 1.53. The molecule has 0 spiro atoms. The highest BCUT2D eigenvalue weighted by Crippen LogP contribution is 2.21. The van der Waals surface area contributed by atoms with Crippen molar-refractivity contribution >= 4 is 5.82 Å². The molecule has 1 unspecified atom stereocenters. The molecular weight excluding hydrogens is 188 g/mol. The number of anilines is 1. The lowest BCUT2D eigenvalue weighted by molar-refractivity contribution is 0.602. The first kappa shape index (κ1) is 9.94. The summed E-state index contributed by atoms with van der Waals surface area (Å²) in [6.45, 7) is 2.74. The Bertz CT molecular complexity index is 365. The first-order valence-electron chi connectivity index (χ1n) is 5.14. The summed E-state index contributed by atoms with van der Waals surface area (Å²) < 4.78 is 0. The van der Waals surface area contributed by atoms with Gasteiger partial charge in [-0.05, 0) is 31.0 Å².